The van der Waals surface area contributed by atoms with Crippen LogP contribution in [0.25, 0.3) is 0 Å². The van der Waals surface area contributed by atoms with Gasteiger partial charge in [-0.1, -0.05) is 72.0 Å². The maximum absolute atomic E-state index is 13.5. The van der Waals surface area contributed by atoms with Crippen LogP contribution in [-0.4, -0.2) is 46.3 Å². The first kappa shape index (κ1) is 20.1. The van der Waals surface area contributed by atoms with E-state index in [1.807, 2.05) is 0 Å². The molecule has 1 aromatic carbocycles. The van der Waals surface area contributed by atoms with E-state index in [2.05, 4.69) is 88.8 Å². The van der Waals surface area contributed by atoms with E-state index < -0.39 is 0 Å². The van der Waals surface area contributed by atoms with Gasteiger partial charge in [0.05, 0.1) is 6.04 Å². The van der Waals surface area contributed by atoms with E-state index in [9.17, 15) is 4.79 Å². The Morgan fingerprint density at radius 2 is 2.00 bits per heavy atom. The SMILES string of the molecule is CC1CCN(C)C[C@@H]1CC(=O)N1CCC2=CC[C@@H](I)C=C2[C@@H]1c1ccccc1. The smallest absolute Gasteiger partial charge is 0.223 e. The van der Waals surface area contributed by atoms with Crippen LogP contribution in [0.4, 0.5) is 0 Å². The molecule has 2 heterocycles. The zero-order chi connectivity index (χ0) is 19.7. The van der Waals surface area contributed by atoms with E-state index in [-0.39, 0.29) is 6.04 Å². The highest BCUT2D eigenvalue weighted by molar-refractivity contribution is 14.1. The molecule has 1 amide bonds. The number of amides is 1. The maximum atomic E-state index is 13.5. The van der Waals surface area contributed by atoms with E-state index in [0.29, 0.717) is 28.1 Å². The molecule has 2 saturated heterocycles. The Balaban J connectivity index is 1.61. The Hall–Kier alpha value is -1.14. The fourth-order valence-electron chi connectivity index (χ4n) is 5.00. The molecule has 0 bridgehead atoms. The van der Waals surface area contributed by atoms with E-state index >= 15 is 0 Å². The molecule has 0 radical (unpaired) electrons. The summed E-state index contributed by atoms with van der Waals surface area (Å²) in [6, 6.07) is 10.7. The molecule has 2 aliphatic heterocycles. The summed E-state index contributed by atoms with van der Waals surface area (Å²) in [4.78, 5) is 18.1. The molecule has 4 atom stereocenters. The Morgan fingerprint density at radius 3 is 2.79 bits per heavy atom. The minimum Gasteiger partial charge on any atom is -0.331 e. The highest BCUT2D eigenvalue weighted by Gasteiger charge is 2.37. The highest BCUT2D eigenvalue weighted by atomic mass is 127. The molecular formula is C24H31IN2O. The summed E-state index contributed by atoms with van der Waals surface area (Å²) in [6.45, 7) is 5.35. The number of allylic oxidation sites excluding steroid dienone is 2. The van der Waals surface area contributed by atoms with Gasteiger partial charge in [0.25, 0.3) is 0 Å². The van der Waals surface area contributed by atoms with Gasteiger partial charge in [-0.25, -0.2) is 0 Å². The van der Waals surface area contributed by atoms with Crippen LogP contribution in [-0.2, 0) is 4.79 Å². The number of nitrogens with zero attached hydrogens (tertiary/aromatic N) is 2. The third kappa shape index (κ3) is 4.23. The van der Waals surface area contributed by atoms with Crippen LogP contribution in [0.3, 0.4) is 0 Å². The molecule has 150 valence electrons. The number of carbonyl (C=O) groups is 1. The van der Waals surface area contributed by atoms with Gasteiger partial charge in [0.15, 0.2) is 0 Å². The molecule has 0 saturated carbocycles. The predicted octanol–water partition coefficient (Wildman–Crippen LogP) is 5.00. The quantitative estimate of drug-likeness (QED) is 0.440. The van der Waals surface area contributed by atoms with Crippen LogP contribution in [0.1, 0.15) is 44.2 Å². The van der Waals surface area contributed by atoms with Gasteiger partial charge in [-0.3, -0.25) is 4.79 Å². The first-order valence-corrected chi connectivity index (χ1v) is 11.9. The fourth-order valence-corrected chi connectivity index (χ4v) is 5.64. The van der Waals surface area contributed by atoms with Crippen LogP contribution in [0.2, 0.25) is 0 Å². The lowest BCUT2D eigenvalue weighted by Gasteiger charge is -2.42. The number of halogens is 1. The van der Waals surface area contributed by atoms with Crippen molar-refractivity contribution in [2.24, 2.45) is 11.8 Å². The molecule has 0 N–H and O–H groups in total. The van der Waals surface area contributed by atoms with Crippen molar-refractivity contribution in [1.82, 2.24) is 9.80 Å². The van der Waals surface area contributed by atoms with Crippen molar-refractivity contribution < 1.29 is 4.79 Å². The van der Waals surface area contributed by atoms with Crippen molar-refractivity contribution in [3.8, 4) is 0 Å². The minimum absolute atomic E-state index is 0.0721. The van der Waals surface area contributed by atoms with Crippen LogP contribution in [0.15, 0.2) is 53.6 Å². The summed E-state index contributed by atoms with van der Waals surface area (Å²) in [5, 5.41) is 0. The number of hydrogen-bond donors (Lipinski definition) is 0. The third-order valence-corrected chi connectivity index (χ3v) is 7.61. The number of fused-ring (bicyclic) bond motifs is 1. The molecule has 1 aromatic rings. The van der Waals surface area contributed by atoms with Gasteiger partial charge >= 0.3 is 0 Å². The number of likely N-dealkylation sites (tertiary alicyclic amines) is 2. The van der Waals surface area contributed by atoms with Gasteiger partial charge < -0.3 is 9.80 Å². The standard InChI is InChI=1S/C24H31IN2O/c1-17-10-12-26(2)16-20(17)14-23(28)27-13-11-18-8-9-21(25)15-22(18)24(27)19-6-4-3-5-7-19/h3-8,15,17,20-21,24H,9-14,16H2,1-2H3/t17?,20-,21+,24-/m0/s1. The summed E-state index contributed by atoms with van der Waals surface area (Å²) >= 11 is 2.52. The molecule has 4 heteroatoms. The lowest BCUT2D eigenvalue weighted by molar-refractivity contribution is -0.135. The molecule has 0 aromatic heterocycles. The van der Waals surface area contributed by atoms with Gasteiger partial charge in [-0.15, -0.1) is 0 Å². The van der Waals surface area contributed by atoms with Crippen LogP contribution in [0.5, 0.6) is 0 Å². The van der Waals surface area contributed by atoms with Crippen molar-refractivity contribution in [1.29, 1.82) is 0 Å². The molecule has 3 aliphatic rings. The van der Waals surface area contributed by atoms with Gasteiger partial charge in [0, 0.05) is 23.4 Å². The lowest BCUT2D eigenvalue weighted by atomic mass is 9.81. The zero-order valence-electron chi connectivity index (χ0n) is 17.0. The Kier molecular flexibility index (Phi) is 6.26. The van der Waals surface area contributed by atoms with Crippen LogP contribution in [0, 0.1) is 11.8 Å². The van der Waals surface area contributed by atoms with Crippen molar-refractivity contribution in [3.63, 3.8) is 0 Å². The van der Waals surface area contributed by atoms with Crippen molar-refractivity contribution in [2.75, 3.05) is 26.7 Å². The molecule has 2 fully saturated rings. The summed E-state index contributed by atoms with van der Waals surface area (Å²) in [5.41, 5.74) is 4.06. The number of rotatable bonds is 3. The monoisotopic (exact) mass is 490 g/mol. The van der Waals surface area contributed by atoms with E-state index in [4.69, 9.17) is 0 Å². The van der Waals surface area contributed by atoms with Crippen molar-refractivity contribution >= 4 is 28.5 Å². The van der Waals surface area contributed by atoms with E-state index in [1.54, 1.807) is 0 Å². The average Bonchev–Trinajstić information content (AvgIpc) is 2.70. The Morgan fingerprint density at radius 1 is 1.21 bits per heavy atom. The molecule has 0 spiro atoms. The highest BCUT2D eigenvalue weighted by Crippen LogP contribution is 2.42. The van der Waals surface area contributed by atoms with E-state index in [0.717, 1.165) is 32.5 Å². The topological polar surface area (TPSA) is 23.6 Å². The first-order chi connectivity index (χ1) is 13.5. The van der Waals surface area contributed by atoms with Crippen molar-refractivity contribution in [2.45, 2.75) is 42.6 Å². The normalized spacial score (nSPS) is 31.0. The summed E-state index contributed by atoms with van der Waals surface area (Å²) < 4.78 is 0.518. The second-order valence-corrected chi connectivity index (χ2v) is 10.3. The largest absolute Gasteiger partial charge is 0.331 e. The first-order valence-electron chi connectivity index (χ1n) is 10.6. The molecular weight excluding hydrogens is 459 g/mol. The second kappa shape index (κ2) is 8.70. The number of alkyl halides is 1. The average molecular weight is 490 g/mol. The number of benzene rings is 1. The molecule has 4 rings (SSSR count). The van der Waals surface area contributed by atoms with Crippen LogP contribution >= 0.6 is 22.6 Å². The summed E-state index contributed by atoms with van der Waals surface area (Å²) in [7, 11) is 2.18. The molecule has 3 nitrogen and oxygen atoms in total. The Labute approximate surface area is 183 Å². The molecule has 28 heavy (non-hydrogen) atoms. The minimum atomic E-state index is 0.0721. The second-order valence-electron chi connectivity index (χ2n) is 8.75. The summed E-state index contributed by atoms with van der Waals surface area (Å²) in [5.74, 6) is 1.43. The number of piperidine rings is 2. The zero-order valence-corrected chi connectivity index (χ0v) is 19.1. The lowest BCUT2D eigenvalue weighted by Crippen LogP contribution is -2.44. The van der Waals surface area contributed by atoms with Gasteiger partial charge in [0.2, 0.25) is 5.91 Å². The fraction of sp³-hybridized carbons (Fsp3) is 0.542. The Bertz CT molecular complexity index is 772. The van der Waals surface area contributed by atoms with Gasteiger partial charge in [-0.2, -0.15) is 0 Å². The number of hydrogen-bond acceptors (Lipinski definition) is 2. The molecule has 1 unspecified atom stereocenters. The predicted molar refractivity (Wildman–Crippen MR) is 123 cm³/mol. The van der Waals surface area contributed by atoms with Crippen molar-refractivity contribution in [3.05, 3.63) is 59.2 Å². The van der Waals surface area contributed by atoms with Crippen LogP contribution < -0.4 is 0 Å². The summed E-state index contributed by atoms with van der Waals surface area (Å²) in [6.07, 6.45) is 8.79. The van der Waals surface area contributed by atoms with E-state index in [1.165, 1.54) is 23.1 Å². The van der Waals surface area contributed by atoms with Gasteiger partial charge in [0.1, 0.15) is 0 Å². The number of carbonyl (C=O) groups excluding carboxylic acids is 1. The maximum Gasteiger partial charge on any atom is 0.223 e. The molecule has 1 aliphatic carbocycles. The third-order valence-electron chi connectivity index (χ3n) is 6.74. The van der Waals surface area contributed by atoms with Gasteiger partial charge in [-0.05, 0) is 61.4 Å².